The first kappa shape index (κ1) is 24.9. The Morgan fingerprint density at radius 3 is 2.50 bits per heavy atom. The molecule has 3 heterocycles. The van der Waals surface area contributed by atoms with E-state index in [0.29, 0.717) is 35.5 Å². The van der Waals surface area contributed by atoms with E-state index in [-0.39, 0.29) is 11.8 Å². The van der Waals surface area contributed by atoms with Gasteiger partial charge in [0.1, 0.15) is 5.82 Å². The monoisotopic (exact) mass is 486 g/mol. The van der Waals surface area contributed by atoms with Crippen molar-refractivity contribution in [3.05, 3.63) is 46.3 Å². The number of hydrogen-bond donors (Lipinski definition) is 0. The third kappa shape index (κ3) is 5.23. The second kappa shape index (κ2) is 10.2. The molecule has 2 aliphatic rings. The van der Waals surface area contributed by atoms with Crippen molar-refractivity contribution in [2.24, 2.45) is 11.8 Å². The Labute approximate surface area is 204 Å². The minimum Gasteiger partial charge on any atom is -0.381 e. The molecule has 1 aliphatic carbocycles. The molecule has 1 unspecified atom stereocenters. The number of pyridine rings is 1. The lowest BCUT2D eigenvalue weighted by Gasteiger charge is -2.30. The third-order valence-corrected chi connectivity index (χ3v) is 8.68. The van der Waals surface area contributed by atoms with Gasteiger partial charge in [-0.3, -0.25) is 4.68 Å². The third-order valence-electron chi connectivity index (χ3n) is 6.82. The second-order valence-electron chi connectivity index (χ2n) is 10.5. The molecule has 1 aliphatic heterocycles. The Bertz CT molecular complexity index is 1110. The molecule has 2 aromatic rings. The fraction of sp³-hybridized carbons (Fsp3) is 0.615. The van der Waals surface area contributed by atoms with Crippen LogP contribution in [0.15, 0.2) is 29.4 Å². The largest absolute Gasteiger partial charge is 0.381 e. The predicted octanol–water partition coefficient (Wildman–Crippen LogP) is 5.17. The number of ether oxygens (including phenoxy) is 1. The van der Waals surface area contributed by atoms with E-state index in [4.69, 9.17) is 4.74 Å². The van der Waals surface area contributed by atoms with Gasteiger partial charge in [0.25, 0.3) is 10.0 Å². The Kier molecular flexibility index (Phi) is 7.48. The van der Waals surface area contributed by atoms with Crippen LogP contribution in [-0.4, -0.2) is 42.9 Å². The average Bonchev–Trinajstić information content (AvgIpc) is 3.21. The molecule has 2 aromatic heterocycles. The zero-order valence-corrected chi connectivity index (χ0v) is 21.9. The van der Waals surface area contributed by atoms with Crippen molar-refractivity contribution in [2.45, 2.75) is 72.3 Å². The van der Waals surface area contributed by atoms with Gasteiger partial charge in [-0.1, -0.05) is 40.7 Å². The molecule has 0 amide bonds. The van der Waals surface area contributed by atoms with Gasteiger partial charge in [-0.15, -0.1) is 0 Å². The molecule has 7 nitrogen and oxygen atoms in total. The molecule has 0 N–H and O–H groups in total. The SMILES string of the molecule is CC(C)CN(c1ccc(C(C)C)cn1)S(=O)(=O)C1=Cc2cnn(CC3CCOCC3)c2C(C)C1. The van der Waals surface area contributed by atoms with Crippen molar-refractivity contribution in [3.63, 3.8) is 0 Å². The number of allylic oxidation sites excluding steroid dienone is 1. The maximum Gasteiger partial charge on any atom is 0.261 e. The quantitative estimate of drug-likeness (QED) is 0.514. The molecule has 1 saturated heterocycles. The number of fused-ring (bicyclic) bond motifs is 1. The van der Waals surface area contributed by atoms with E-state index in [9.17, 15) is 8.42 Å². The Hall–Kier alpha value is -2.19. The second-order valence-corrected chi connectivity index (χ2v) is 12.4. The zero-order chi connectivity index (χ0) is 24.5. The topological polar surface area (TPSA) is 77.3 Å². The lowest BCUT2D eigenvalue weighted by Crippen LogP contribution is -2.36. The van der Waals surface area contributed by atoms with Gasteiger partial charge in [0.15, 0.2) is 0 Å². The van der Waals surface area contributed by atoms with E-state index in [1.54, 1.807) is 6.20 Å². The van der Waals surface area contributed by atoms with Crippen molar-refractivity contribution >= 4 is 21.9 Å². The fourth-order valence-electron chi connectivity index (χ4n) is 4.86. The summed E-state index contributed by atoms with van der Waals surface area (Å²) < 4.78 is 36.9. The van der Waals surface area contributed by atoms with Gasteiger partial charge < -0.3 is 4.74 Å². The number of hydrogen-bond acceptors (Lipinski definition) is 5. The Balaban J connectivity index is 1.64. The fourth-order valence-corrected chi connectivity index (χ4v) is 6.73. The summed E-state index contributed by atoms with van der Waals surface area (Å²) in [6.45, 7) is 13.2. The summed E-state index contributed by atoms with van der Waals surface area (Å²) in [6.07, 6.45) is 8.00. The first-order chi connectivity index (χ1) is 16.2. The van der Waals surface area contributed by atoms with Crippen molar-refractivity contribution in [2.75, 3.05) is 24.1 Å². The molecule has 34 heavy (non-hydrogen) atoms. The van der Waals surface area contributed by atoms with Gasteiger partial charge in [-0.25, -0.2) is 17.7 Å². The smallest absolute Gasteiger partial charge is 0.261 e. The van der Waals surface area contributed by atoms with Crippen LogP contribution in [0.3, 0.4) is 0 Å². The lowest BCUT2D eigenvalue weighted by atomic mass is 9.93. The van der Waals surface area contributed by atoms with E-state index in [0.717, 1.165) is 49.4 Å². The van der Waals surface area contributed by atoms with Crippen LogP contribution < -0.4 is 4.31 Å². The lowest BCUT2D eigenvalue weighted by molar-refractivity contribution is 0.0598. The highest BCUT2D eigenvalue weighted by molar-refractivity contribution is 7.96. The number of anilines is 1. The highest BCUT2D eigenvalue weighted by Gasteiger charge is 2.34. The van der Waals surface area contributed by atoms with E-state index in [2.05, 4.69) is 35.5 Å². The van der Waals surface area contributed by atoms with Crippen LogP contribution in [0.5, 0.6) is 0 Å². The van der Waals surface area contributed by atoms with Gasteiger partial charge >= 0.3 is 0 Å². The average molecular weight is 487 g/mol. The molecule has 0 aromatic carbocycles. The molecule has 186 valence electrons. The van der Waals surface area contributed by atoms with E-state index in [1.807, 2.05) is 38.3 Å². The van der Waals surface area contributed by atoms with E-state index >= 15 is 0 Å². The summed E-state index contributed by atoms with van der Waals surface area (Å²) in [5, 5.41) is 4.65. The molecule has 0 saturated carbocycles. The molecule has 1 atom stereocenters. The molecular formula is C26H38N4O3S. The van der Waals surface area contributed by atoms with Gasteiger partial charge in [-0.05, 0) is 54.7 Å². The number of nitrogens with zero attached hydrogens (tertiary/aromatic N) is 4. The maximum atomic E-state index is 13.9. The maximum absolute atomic E-state index is 13.9. The summed E-state index contributed by atoms with van der Waals surface area (Å²) in [5.41, 5.74) is 3.15. The first-order valence-electron chi connectivity index (χ1n) is 12.5. The van der Waals surface area contributed by atoms with Gasteiger partial charge in [0.05, 0.1) is 11.1 Å². The van der Waals surface area contributed by atoms with Crippen LogP contribution in [0.1, 0.15) is 82.5 Å². The molecule has 8 heteroatoms. The first-order valence-corrected chi connectivity index (χ1v) is 13.9. The van der Waals surface area contributed by atoms with Crippen LogP contribution in [0.25, 0.3) is 6.08 Å². The van der Waals surface area contributed by atoms with E-state index in [1.165, 1.54) is 4.31 Å². The van der Waals surface area contributed by atoms with Crippen LogP contribution in [0, 0.1) is 11.8 Å². The highest BCUT2D eigenvalue weighted by atomic mass is 32.2. The van der Waals surface area contributed by atoms with Gasteiger partial charge in [0, 0.05) is 49.7 Å². The summed E-state index contributed by atoms with van der Waals surface area (Å²) in [4.78, 5) is 4.98. The normalized spacial score (nSPS) is 19.4. The van der Waals surface area contributed by atoms with Crippen LogP contribution in [0.4, 0.5) is 5.82 Å². The molecule has 4 rings (SSSR count). The standard InChI is InChI=1S/C26H38N4O3S/c1-18(2)16-30(25-7-6-22(14-27-25)19(3)4)34(31,32)24-12-20(5)26-23(13-24)15-28-29(26)17-21-8-10-33-11-9-21/h6-7,13-15,18-21H,8-12,16-17H2,1-5H3. The Morgan fingerprint density at radius 2 is 1.88 bits per heavy atom. The number of aromatic nitrogens is 3. The summed E-state index contributed by atoms with van der Waals surface area (Å²) in [5.74, 6) is 1.62. The summed E-state index contributed by atoms with van der Waals surface area (Å²) in [6, 6.07) is 3.81. The van der Waals surface area contributed by atoms with Crippen molar-refractivity contribution in [1.82, 2.24) is 14.8 Å². The molecule has 0 radical (unpaired) electrons. The minimum absolute atomic E-state index is 0.0734. The van der Waals surface area contributed by atoms with Crippen LogP contribution >= 0.6 is 0 Å². The summed E-state index contributed by atoms with van der Waals surface area (Å²) in [7, 11) is -3.72. The van der Waals surface area contributed by atoms with Gasteiger partial charge in [-0.2, -0.15) is 5.10 Å². The van der Waals surface area contributed by atoms with Gasteiger partial charge in [0.2, 0.25) is 0 Å². The number of rotatable bonds is 8. The molecular weight excluding hydrogens is 448 g/mol. The highest BCUT2D eigenvalue weighted by Crippen LogP contribution is 2.38. The molecule has 0 spiro atoms. The molecule has 0 bridgehead atoms. The van der Waals surface area contributed by atoms with E-state index < -0.39 is 10.0 Å². The van der Waals surface area contributed by atoms with Crippen molar-refractivity contribution in [3.8, 4) is 0 Å². The Morgan fingerprint density at radius 1 is 1.15 bits per heavy atom. The minimum atomic E-state index is -3.72. The van der Waals surface area contributed by atoms with Crippen LogP contribution in [0.2, 0.25) is 0 Å². The van der Waals surface area contributed by atoms with Crippen molar-refractivity contribution < 1.29 is 13.2 Å². The van der Waals surface area contributed by atoms with Crippen LogP contribution in [-0.2, 0) is 21.3 Å². The zero-order valence-electron chi connectivity index (χ0n) is 21.1. The predicted molar refractivity (Wildman–Crippen MR) is 136 cm³/mol. The number of sulfonamides is 1. The molecule has 1 fully saturated rings. The summed E-state index contributed by atoms with van der Waals surface area (Å²) >= 11 is 0. The van der Waals surface area contributed by atoms with Crippen molar-refractivity contribution in [1.29, 1.82) is 0 Å².